The summed E-state index contributed by atoms with van der Waals surface area (Å²) in [5.74, 6) is 0.897. The zero-order valence-electron chi connectivity index (χ0n) is 17.1. The molecule has 1 saturated heterocycles. The van der Waals surface area contributed by atoms with Crippen molar-refractivity contribution in [3.63, 3.8) is 0 Å². The number of carbonyl (C=O) groups is 1. The van der Waals surface area contributed by atoms with Crippen molar-refractivity contribution < 1.29 is 13.6 Å². The minimum Gasteiger partial charge on any atom is -0.351 e. The maximum absolute atomic E-state index is 13.5. The van der Waals surface area contributed by atoms with Crippen molar-refractivity contribution >= 4 is 11.9 Å². The molecule has 6 nitrogen and oxygen atoms in total. The quantitative estimate of drug-likeness (QED) is 0.830. The number of fused-ring (bicyclic) bond motifs is 1. The van der Waals surface area contributed by atoms with Gasteiger partial charge in [0.15, 0.2) is 0 Å². The summed E-state index contributed by atoms with van der Waals surface area (Å²) in [4.78, 5) is 19.4. The number of amides is 1. The highest BCUT2D eigenvalue weighted by molar-refractivity contribution is 5.91. The highest BCUT2D eigenvalue weighted by atomic mass is 19.3. The van der Waals surface area contributed by atoms with Crippen LogP contribution in [0, 0.1) is 12.8 Å². The van der Waals surface area contributed by atoms with Crippen LogP contribution in [0.3, 0.4) is 0 Å². The summed E-state index contributed by atoms with van der Waals surface area (Å²) in [5.41, 5.74) is 1.97. The zero-order chi connectivity index (χ0) is 20.9. The Morgan fingerprint density at radius 2 is 1.90 bits per heavy atom. The lowest BCUT2D eigenvalue weighted by atomic mass is 9.84. The van der Waals surface area contributed by atoms with Crippen LogP contribution in [0.25, 0.3) is 0 Å². The van der Waals surface area contributed by atoms with Gasteiger partial charge in [0, 0.05) is 19.1 Å². The summed E-state index contributed by atoms with van der Waals surface area (Å²) < 4.78 is 28.4. The second-order valence-corrected chi connectivity index (χ2v) is 8.99. The molecule has 2 aromatic rings. The van der Waals surface area contributed by atoms with Gasteiger partial charge in [0.25, 0.3) is 6.43 Å². The molecule has 30 heavy (non-hydrogen) atoms. The average molecular weight is 415 g/mol. The van der Waals surface area contributed by atoms with Crippen molar-refractivity contribution in [3.8, 4) is 0 Å². The van der Waals surface area contributed by atoms with E-state index in [9.17, 15) is 13.6 Å². The standard InChI is InChI=1S/C22H27F2N5O/c1-14-2-4-16(5-3-14)22(8-9-22)20(30)28-10-6-15(7-11-28)17-12-18(19(23)24)29-21(27-17)25-13-26-29/h2-5,13,15,17-19H,6-12H2,1H3,(H,25,26,27)/t17-,18+/m0/s1. The molecule has 3 aliphatic rings. The molecule has 1 aliphatic carbocycles. The number of likely N-dealkylation sites (tertiary alicyclic amines) is 1. The second kappa shape index (κ2) is 7.32. The smallest absolute Gasteiger partial charge is 0.260 e. The highest BCUT2D eigenvalue weighted by Crippen LogP contribution is 2.50. The van der Waals surface area contributed by atoms with Crippen LogP contribution in [0.5, 0.6) is 0 Å². The number of hydrogen-bond donors (Lipinski definition) is 1. The molecule has 1 aromatic heterocycles. The first-order valence-electron chi connectivity index (χ1n) is 10.8. The first-order chi connectivity index (χ1) is 14.5. The highest BCUT2D eigenvalue weighted by Gasteiger charge is 2.53. The van der Waals surface area contributed by atoms with Gasteiger partial charge in [0.05, 0.1) is 5.41 Å². The lowest BCUT2D eigenvalue weighted by molar-refractivity contribution is -0.135. The van der Waals surface area contributed by atoms with E-state index in [0.717, 1.165) is 31.2 Å². The van der Waals surface area contributed by atoms with Gasteiger partial charge >= 0.3 is 0 Å². The largest absolute Gasteiger partial charge is 0.351 e. The van der Waals surface area contributed by atoms with Crippen LogP contribution in [0.2, 0.25) is 0 Å². The second-order valence-electron chi connectivity index (χ2n) is 8.99. The number of anilines is 1. The van der Waals surface area contributed by atoms with Crippen LogP contribution in [-0.2, 0) is 10.2 Å². The Morgan fingerprint density at radius 1 is 1.20 bits per heavy atom. The Bertz CT molecular complexity index is 916. The Hall–Kier alpha value is -2.51. The number of rotatable bonds is 4. The molecule has 2 atom stereocenters. The number of aromatic nitrogens is 3. The monoisotopic (exact) mass is 415 g/mol. The molecular weight excluding hydrogens is 388 g/mol. The first kappa shape index (κ1) is 19.5. The summed E-state index contributed by atoms with van der Waals surface area (Å²) in [6.45, 7) is 3.42. The molecule has 2 fully saturated rings. The summed E-state index contributed by atoms with van der Waals surface area (Å²) in [7, 11) is 0. The zero-order valence-corrected chi connectivity index (χ0v) is 17.1. The Balaban J connectivity index is 1.24. The molecule has 0 radical (unpaired) electrons. The Kier molecular flexibility index (Phi) is 4.75. The Labute approximate surface area is 174 Å². The van der Waals surface area contributed by atoms with Gasteiger partial charge in [-0.05, 0) is 50.5 Å². The minimum atomic E-state index is -2.47. The molecule has 0 unspecified atom stereocenters. The number of carbonyl (C=O) groups excluding carboxylic acids is 1. The van der Waals surface area contributed by atoms with E-state index < -0.39 is 12.5 Å². The molecular formula is C22H27F2N5O. The third-order valence-electron chi connectivity index (χ3n) is 7.15. The number of hydrogen-bond acceptors (Lipinski definition) is 4. The SMILES string of the molecule is Cc1ccc(C2(C(=O)N3CCC([C@@H]4C[C@H](C(F)F)n5ncnc5N4)CC3)CC2)cc1. The van der Waals surface area contributed by atoms with Gasteiger partial charge in [0.2, 0.25) is 11.9 Å². The van der Waals surface area contributed by atoms with E-state index in [2.05, 4.69) is 46.6 Å². The van der Waals surface area contributed by atoms with Gasteiger partial charge in [-0.2, -0.15) is 10.1 Å². The van der Waals surface area contributed by atoms with Gasteiger partial charge < -0.3 is 10.2 Å². The minimum absolute atomic E-state index is 0.0649. The molecule has 0 bridgehead atoms. The van der Waals surface area contributed by atoms with E-state index in [1.54, 1.807) is 0 Å². The lowest BCUT2D eigenvalue weighted by Crippen LogP contribution is -2.48. The number of piperidine rings is 1. The van der Waals surface area contributed by atoms with Gasteiger partial charge in [0.1, 0.15) is 12.4 Å². The van der Waals surface area contributed by atoms with E-state index in [4.69, 9.17) is 0 Å². The van der Waals surface area contributed by atoms with Crippen LogP contribution in [-0.4, -0.2) is 51.1 Å². The molecule has 1 saturated carbocycles. The van der Waals surface area contributed by atoms with Crippen LogP contribution in [0.15, 0.2) is 30.6 Å². The summed E-state index contributed by atoms with van der Waals surface area (Å²) in [6, 6.07) is 7.30. The molecule has 1 amide bonds. The van der Waals surface area contributed by atoms with Gasteiger partial charge in [-0.3, -0.25) is 4.79 Å². The molecule has 8 heteroatoms. The van der Waals surface area contributed by atoms with Crippen molar-refractivity contribution in [1.82, 2.24) is 19.7 Å². The van der Waals surface area contributed by atoms with Crippen LogP contribution in [0.1, 0.15) is 49.3 Å². The topological polar surface area (TPSA) is 63.1 Å². The van der Waals surface area contributed by atoms with Crippen molar-refractivity contribution in [2.45, 2.75) is 63.0 Å². The van der Waals surface area contributed by atoms with Crippen LogP contribution >= 0.6 is 0 Å². The fourth-order valence-corrected chi connectivity index (χ4v) is 5.13. The van der Waals surface area contributed by atoms with Crippen LogP contribution < -0.4 is 5.32 Å². The lowest BCUT2D eigenvalue weighted by Gasteiger charge is -2.40. The average Bonchev–Trinajstić information content (AvgIpc) is 3.43. The van der Waals surface area contributed by atoms with E-state index in [0.29, 0.717) is 25.5 Å². The first-order valence-corrected chi connectivity index (χ1v) is 10.8. The summed E-state index contributed by atoms with van der Waals surface area (Å²) in [6.07, 6.45) is 2.63. The van der Waals surface area contributed by atoms with Crippen molar-refractivity contribution in [2.75, 3.05) is 18.4 Å². The number of halogens is 2. The molecule has 3 heterocycles. The Morgan fingerprint density at radius 3 is 2.53 bits per heavy atom. The maximum atomic E-state index is 13.5. The summed E-state index contributed by atoms with van der Waals surface area (Å²) in [5, 5.41) is 7.25. The third kappa shape index (κ3) is 3.26. The van der Waals surface area contributed by atoms with Crippen molar-refractivity contribution in [2.24, 2.45) is 5.92 Å². The molecule has 1 aromatic carbocycles. The molecule has 2 aliphatic heterocycles. The third-order valence-corrected chi connectivity index (χ3v) is 7.15. The summed E-state index contributed by atoms with van der Waals surface area (Å²) >= 11 is 0. The van der Waals surface area contributed by atoms with Crippen molar-refractivity contribution in [3.05, 3.63) is 41.7 Å². The van der Waals surface area contributed by atoms with Gasteiger partial charge in [-0.15, -0.1) is 0 Å². The van der Waals surface area contributed by atoms with Crippen molar-refractivity contribution in [1.29, 1.82) is 0 Å². The fraction of sp³-hybridized carbons (Fsp3) is 0.591. The van der Waals surface area contributed by atoms with Gasteiger partial charge in [-0.1, -0.05) is 29.8 Å². The van der Waals surface area contributed by atoms with E-state index in [1.807, 2.05) is 4.90 Å². The van der Waals surface area contributed by atoms with Crippen LogP contribution in [0.4, 0.5) is 14.7 Å². The number of benzene rings is 1. The number of nitrogens with zero attached hydrogens (tertiary/aromatic N) is 4. The number of alkyl halides is 2. The van der Waals surface area contributed by atoms with E-state index >= 15 is 0 Å². The molecule has 5 rings (SSSR count). The van der Waals surface area contributed by atoms with Gasteiger partial charge in [-0.25, -0.2) is 13.5 Å². The predicted octanol–water partition coefficient (Wildman–Crippen LogP) is 3.55. The predicted molar refractivity (Wildman–Crippen MR) is 108 cm³/mol. The molecule has 160 valence electrons. The molecule has 1 N–H and O–H groups in total. The van der Waals surface area contributed by atoms with E-state index in [-0.39, 0.29) is 23.3 Å². The van der Waals surface area contributed by atoms with E-state index in [1.165, 1.54) is 16.6 Å². The number of nitrogens with one attached hydrogen (secondary N) is 1. The maximum Gasteiger partial charge on any atom is 0.260 e. The molecule has 0 spiro atoms. The number of aryl methyl sites for hydroxylation is 1. The normalized spacial score (nSPS) is 25.7. The fourth-order valence-electron chi connectivity index (χ4n) is 5.13.